The molecule has 7 nitrogen and oxygen atoms in total. The van der Waals surface area contributed by atoms with Crippen molar-refractivity contribution >= 4 is 40.9 Å². The number of anilines is 1. The van der Waals surface area contributed by atoms with Gasteiger partial charge in [-0.15, -0.1) is 0 Å². The third-order valence-corrected chi connectivity index (χ3v) is 4.46. The van der Waals surface area contributed by atoms with E-state index in [9.17, 15) is 18.8 Å². The smallest absolute Gasteiger partial charge is 0.340 e. The number of benzodiazepines with no additional fused rings is 1. The largest absolute Gasteiger partial charge is 0.464 e. The van der Waals surface area contributed by atoms with Gasteiger partial charge in [-0.25, -0.2) is 18.9 Å². The minimum Gasteiger partial charge on any atom is -0.464 e. The molecule has 9 heteroatoms. The van der Waals surface area contributed by atoms with Gasteiger partial charge in [0.25, 0.3) is 5.91 Å². The van der Waals surface area contributed by atoms with Gasteiger partial charge in [0.2, 0.25) is 6.04 Å². The molecule has 1 N–H and O–H groups in total. The Morgan fingerprint density at radius 2 is 1.97 bits per heavy atom. The van der Waals surface area contributed by atoms with Crippen molar-refractivity contribution < 1.29 is 23.5 Å². The molecule has 1 aliphatic heterocycles. The van der Waals surface area contributed by atoms with Crippen molar-refractivity contribution in [2.75, 3.05) is 18.6 Å². The number of urea groups is 1. The summed E-state index contributed by atoms with van der Waals surface area (Å²) in [6.45, 7) is 1.58. The summed E-state index contributed by atoms with van der Waals surface area (Å²) in [5.41, 5.74) is 0.411. The van der Waals surface area contributed by atoms with Crippen molar-refractivity contribution in [2.24, 2.45) is 4.99 Å². The van der Waals surface area contributed by atoms with Crippen LogP contribution in [0.15, 0.2) is 47.5 Å². The lowest BCUT2D eigenvalue weighted by Gasteiger charge is -2.22. The first-order chi connectivity index (χ1) is 13.9. The van der Waals surface area contributed by atoms with Gasteiger partial charge in [-0.1, -0.05) is 23.7 Å². The first kappa shape index (κ1) is 20.5. The Labute approximate surface area is 171 Å². The highest BCUT2D eigenvalue weighted by molar-refractivity contribution is 6.33. The molecule has 0 saturated carbocycles. The zero-order chi connectivity index (χ0) is 21.1. The summed E-state index contributed by atoms with van der Waals surface area (Å²) in [6.07, 6.45) is 0. The quantitative estimate of drug-likeness (QED) is 0.614. The number of halogens is 2. The molecule has 0 aromatic heterocycles. The maximum absolute atomic E-state index is 14.6. The lowest BCUT2D eigenvalue weighted by Crippen LogP contribution is -2.49. The Morgan fingerprint density at radius 3 is 2.62 bits per heavy atom. The fourth-order valence-electron chi connectivity index (χ4n) is 2.95. The van der Waals surface area contributed by atoms with Crippen molar-refractivity contribution in [3.63, 3.8) is 0 Å². The van der Waals surface area contributed by atoms with Crippen LogP contribution in [0.1, 0.15) is 18.1 Å². The number of ether oxygens (including phenoxy) is 1. The molecule has 0 fully saturated rings. The van der Waals surface area contributed by atoms with Gasteiger partial charge in [0.1, 0.15) is 5.82 Å². The van der Waals surface area contributed by atoms with Gasteiger partial charge in [0, 0.05) is 23.2 Å². The summed E-state index contributed by atoms with van der Waals surface area (Å²) in [5, 5.41) is 2.65. The molecule has 3 rings (SSSR count). The van der Waals surface area contributed by atoms with Gasteiger partial charge in [-0.2, -0.15) is 0 Å². The van der Waals surface area contributed by atoms with Crippen LogP contribution in [0, 0.1) is 5.82 Å². The molecular formula is C20H17ClFN3O4. The summed E-state index contributed by atoms with van der Waals surface area (Å²) < 4.78 is 19.5. The van der Waals surface area contributed by atoms with E-state index in [1.165, 1.54) is 43.4 Å². The normalized spacial score (nSPS) is 15.9. The monoisotopic (exact) mass is 417 g/mol. The second-order valence-electron chi connectivity index (χ2n) is 6.00. The molecule has 0 spiro atoms. The molecule has 2 aromatic rings. The lowest BCUT2D eigenvalue weighted by molar-refractivity contribution is -0.147. The number of fused-ring (bicyclic) bond motifs is 1. The van der Waals surface area contributed by atoms with E-state index < -0.39 is 29.8 Å². The van der Waals surface area contributed by atoms with Gasteiger partial charge in [-0.05, 0) is 37.3 Å². The molecular weight excluding hydrogens is 401 g/mol. The van der Waals surface area contributed by atoms with E-state index in [0.29, 0.717) is 0 Å². The van der Waals surface area contributed by atoms with E-state index in [4.69, 9.17) is 16.3 Å². The highest BCUT2D eigenvalue weighted by Gasteiger charge is 2.40. The van der Waals surface area contributed by atoms with E-state index in [1.54, 1.807) is 13.0 Å². The van der Waals surface area contributed by atoms with Gasteiger partial charge in [0.05, 0.1) is 18.0 Å². The van der Waals surface area contributed by atoms with E-state index in [-0.39, 0.29) is 34.2 Å². The van der Waals surface area contributed by atoms with Crippen molar-refractivity contribution in [3.05, 3.63) is 64.4 Å². The number of carbonyl (C=O) groups excluding carboxylic acids is 3. The van der Waals surface area contributed by atoms with Gasteiger partial charge in [-0.3, -0.25) is 9.79 Å². The van der Waals surface area contributed by atoms with Crippen LogP contribution < -0.4 is 10.2 Å². The van der Waals surface area contributed by atoms with Crippen LogP contribution in [0.3, 0.4) is 0 Å². The molecule has 0 aliphatic carbocycles. The first-order valence-corrected chi connectivity index (χ1v) is 9.11. The van der Waals surface area contributed by atoms with Crippen LogP contribution in [0.25, 0.3) is 0 Å². The molecule has 0 bridgehead atoms. The lowest BCUT2D eigenvalue weighted by atomic mass is 9.99. The van der Waals surface area contributed by atoms with Gasteiger partial charge in [0.15, 0.2) is 0 Å². The average Bonchev–Trinajstić information content (AvgIpc) is 2.82. The second-order valence-corrected chi connectivity index (χ2v) is 6.44. The minimum atomic E-state index is -1.69. The zero-order valence-electron chi connectivity index (χ0n) is 15.6. The minimum absolute atomic E-state index is 0.00587. The number of esters is 1. The third-order valence-electron chi connectivity index (χ3n) is 4.22. The Kier molecular flexibility index (Phi) is 5.93. The number of aliphatic imine (C=N–C) groups is 1. The Hall–Kier alpha value is -3.26. The highest BCUT2D eigenvalue weighted by Crippen LogP contribution is 2.32. The van der Waals surface area contributed by atoms with Crippen LogP contribution in [0.4, 0.5) is 14.9 Å². The molecule has 1 atom stereocenters. The summed E-state index contributed by atoms with van der Waals surface area (Å²) in [5.74, 6) is -2.47. The topological polar surface area (TPSA) is 88.1 Å². The molecule has 29 heavy (non-hydrogen) atoms. The van der Waals surface area contributed by atoms with Gasteiger partial charge < -0.3 is 10.1 Å². The number of carbonyl (C=O) groups is 3. The summed E-state index contributed by atoms with van der Waals surface area (Å²) >= 11 is 6.12. The Balaban J connectivity index is 2.34. The number of nitrogens with zero attached hydrogens (tertiary/aromatic N) is 2. The average molecular weight is 418 g/mol. The van der Waals surface area contributed by atoms with Crippen LogP contribution in [-0.2, 0) is 14.3 Å². The number of amides is 3. The standard InChI is InChI=1S/C20H17ClFN3O4/c1-3-29-19(27)17-18(26)25(20(28)23-2)15-9-8-11(21)10-13(15)16(24-17)12-6-4-5-7-14(12)22/h4-10,17H,3H2,1-2H3,(H,23,28)/t17-/m0/s1. The molecule has 0 unspecified atom stereocenters. The van der Waals surface area contributed by atoms with E-state index >= 15 is 0 Å². The predicted octanol–water partition coefficient (Wildman–Crippen LogP) is 2.93. The van der Waals surface area contributed by atoms with Crippen LogP contribution >= 0.6 is 11.6 Å². The number of nitrogens with one attached hydrogen (secondary N) is 1. The van der Waals surface area contributed by atoms with Crippen molar-refractivity contribution in [2.45, 2.75) is 13.0 Å². The molecule has 3 amide bonds. The number of rotatable bonds is 3. The van der Waals surface area contributed by atoms with E-state index in [2.05, 4.69) is 10.3 Å². The van der Waals surface area contributed by atoms with E-state index in [0.717, 1.165) is 4.90 Å². The summed E-state index contributed by atoms with van der Waals surface area (Å²) in [4.78, 5) is 43.1. The van der Waals surface area contributed by atoms with Crippen molar-refractivity contribution in [1.29, 1.82) is 0 Å². The Morgan fingerprint density at radius 1 is 1.24 bits per heavy atom. The third kappa shape index (κ3) is 3.84. The Bertz CT molecular complexity index is 1020. The highest BCUT2D eigenvalue weighted by atomic mass is 35.5. The fourth-order valence-corrected chi connectivity index (χ4v) is 3.12. The van der Waals surface area contributed by atoms with Crippen molar-refractivity contribution in [1.82, 2.24) is 5.32 Å². The van der Waals surface area contributed by atoms with Crippen LogP contribution in [0.2, 0.25) is 5.02 Å². The van der Waals surface area contributed by atoms with Crippen LogP contribution in [-0.4, -0.2) is 43.3 Å². The van der Waals surface area contributed by atoms with Gasteiger partial charge >= 0.3 is 12.0 Å². The van der Waals surface area contributed by atoms with E-state index in [1.807, 2.05) is 0 Å². The molecule has 0 saturated heterocycles. The SMILES string of the molecule is CCOC(=O)[C@H]1N=C(c2ccccc2F)c2cc(Cl)ccc2N(C(=O)NC)C1=O. The second kappa shape index (κ2) is 8.40. The van der Waals surface area contributed by atoms with Crippen LogP contribution in [0.5, 0.6) is 0 Å². The number of hydrogen-bond donors (Lipinski definition) is 1. The molecule has 1 heterocycles. The molecule has 150 valence electrons. The number of imide groups is 1. The molecule has 1 aliphatic rings. The zero-order valence-corrected chi connectivity index (χ0v) is 16.4. The maximum atomic E-state index is 14.6. The fraction of sp³-hybridized carbons (Fsp3) is 0.200. The first-order valence-electron chi connectivity index (χ1n) is 8.74. The van der Waals surface area contributed by atoms with Crippen molar-refractivity contribution in [3.8, 4) is 0 Å². The molecule has 2 aromatic carbocycles. The molecule has 0 radical (unpaired) electrons. The maximum Gasteiger partial charge on any atom is 0.340 e. The number of hydrogen-bond acceptors (Lipinski definition) is 5. The number of benzene rings is 2. The summed E-state index contributed by atoms with van der Waals surface area (Å²) in [6, 6.07) is 7.69. The summed E-state index contributed by atoms with van der Waals surface area (Å²) in [7, 11) is 1.34. The predicted molar refractivity (Wildman–Crippen MR) is 106 cm³/mol.